The molecule has 0 spiro atoms. The molecule has 1 unspecified atom stereocenters. The zero-order valence-electron chi connectivity index (χ0n) is 11.5. The molecule has 1 heterocycles. The molecule has 0 amide bonds. The first-order chi connectivity index (χ1) is 9.40. The summed E-state index contributed by atoms with van der Waals surface area (Å²) in [5, 5.41) is 0.542. The van der Waals surface area contributed by atoms with E-state index in [0.717, 1.165) is 0 Å². The van der Waals surface area contributed by atoms with E-state index in [4.69, 9.17) is 9.47 Å². The van der Waals surface area contributed by atoms with E-state index in [1.807, 2.05) is 13.8 Å². The molecule has 0 saturated carbocycles. The molecule has 0 saturated heterocycles. The van der Waals surface area contributed by atoms with E-state index >= 15 is 0 Å². The zero-order valence-corrected chi connectivity index (χ0v) is 13.9. The third-order valence-corrected chi connectivity index (χ3v) is 6.15. The van der Waals surface area contributed by atoms with Gasteiger partial charge in [0.2, 0.25) is 10.0 Å². The number of hydrogen-bond acceptors (Lipinski definition) is 4. The summed E-state index contributed by atoms with van der Waals surface area (Å²) in [6.45, 7) is 4.71. The maximum absolute atomic E-state index is 12.4. The van der Waals surface area contributed by atoms with Gasteiger partial charge in [-0.1, -0.05) is 22.9 Å². The molecule has 1 aliphatic heterocycles. The van der Waals surface area contributed by atoms with E-state index in [0.29, 0.717) is 36.5 Å². The molecule has 1 aromatic rings. The highest BCUT2D eigenvalue weighted by molar-refractivity contribution is 9.09. The number of benzene rings is 1. The molecule has 20 heavy (non-hydrogen) atoms. The molecule has 7 heteroatoms. The number of rotatable bonds is 5. The van der Waals surface area contributed by atoms with Crippen LogP contribution >= 0.6 is 15.9 Å². The van der Waals surface area contributed by atoms with Gasteiger partial charge in [0.05, 0.1) is 4.90 Å². The fourth-order valence-corrected chi connectivity index (χ4v) is 3.98. The Hall–Kier alpha value is -0.790. The van der Waals surface area contributed by atoms with Crippen LogP contribution in [0.1, 0.15) is 20.3 Å². The van der Waals surface area contributed by atoms with E-state index in [-0.39, 0.29) is 4.90 Å². The molecule has 1 N–H and O–H groups in total. The zero-order chi connectivity index (χ0) is 14.8. The highest BCUT2D eigenvalue weighted by Crippen LogP contribution is 2.32. The maximum Gasteiger partial charge on any atom is 0.241 e. The van der Waals surface area contributed by atoms with Crippen LogP contribution in [0.4, 0.5) is 0 Å². The van der Waals surface area contributed by atoms with Crippen molar-refractivity contribution in [2.45, 2.75) is 30.7 Å². The van der Waals surface area contributed by atoms with E-state index in [1.54, 1.807) is 6.07 Å². The lowest BCUT2D eigenvalue weighted by molar-refractivity contribution is 0.171. The molecule has 1 aromatic carbocycles. The monoisotopic (exact) mass is 363 g/mol. The van der Waals surface area contributed by atoms with E-state index < -0.39 is 15.6 Å². The summed E-state index contributed by atoms with van der Waals surface area (Å²) in [5.74, 6) is 1.05. The van der Waals surface area contributed by atoms with Gasteiger partial charge in [-0.15, -0.1) is 0 Å². The topological polar surface area (TPSA) is 64.6 Å². The quantitative estimate of drug-likeness (QED) is 0.815. The average molecular weight is 364 g/mol. The Kier molecular flexibility index (Phi) is 4.61. The second-order valence-corrected chi connectivity index (χ2v) is 7.20. The van der Waals surface area contributed by atoms with Crippen molar-refractivity contribution in [3.8, 4) is 11.5 Å². The number of alkyl halides is 1. The summed E-state index contributed by atoms with van der Waals surface area (Å²) in [4.78, 5) is 0.183. The molecular formula is C13H18BrNO4S. The molecule has 0 aromatic heterocycles. The average Bonchev–Trinajstić information content (AvgIpc) is 2.46. The van der Waals surface area contributed by atoms with Crippen LogP contribution in [0.2, 0.25) is 0 Å². The molecular weight excluding hydrogens is 346 g/mol. The number of halogens is 1. The SMILES string of the molecule is CCC(C)(CBr)NS(=O)(=O)c1ccc2c(c1)OCCO2. The number of ether oxygens (including phenoxy) is 2. The van der Waals surface area contributed by atoms with Crippen LogP contribution in [0.15, 0.2) is 23.1 Å². The predicted octanol–water partition coefficient (Wildman–Crippen LogP) is 2.30. The van der Waals surface area contributed by atoms with Gasteiger partial charge in [-0.2, -0.15) is 0 Å². The summed E-state index contributed by atoms with van der Waals surface area (Å²) in [6.07, 6.45) is 0.683. The second kappa shape index (κ2) is 5.91. The Bertz CT molecular complexity index is 584. The van der Waals surface area contributed by atoms with Gasteiger partial charge < -0.3 is 9.47 Å². The van der Waals surface area contributed by atoms with Crippen LogP contribution in [0.25, 0.3) is 0 Å². The molecule has 0 radical (unpaired) electrons. The predicted molar refractivity (Wildman–Crippen MR) is 80.2 cm³/mol. The first-order valence-corrected chi connectivity index (χ1v) is 9.00. The van der Waals surface area contributed by atoms with Crippen LogP contribution in [-0.2, 0) is 10.0 Å². The third-order valence-electron chi connectivity index (χ3n) is 3.28. The lowest BCUT2D eigenvalue weighted by Crippen LogP contribution is -2.46. The third kappa shape index (κ3) is 3.27. The Morgan fingerprint density at radius 2 is 1.95 bits per heavy atom. The molecule has 5 nitrogen and oxygen atoms in total. The Morgan fingerprint density at radius 1 is 1.30 bits per heavy atom. The number of fused-ring (bicyclic) bond motifs is 1. The smallest absolute Gasteiger partial charge is 0.241 e. The van der Waals surface area contributed by atoms with E-state index in [2.05, 4.69) is 20.7 Å². The summed E-state index contributed by atoms with van der Waals surface area (Å²) in [6, 6.07) is 4.65. The van der Waals surface area contributed by atoms with Crippen LogP contribution in [0, 0.1) is 0 Å². The Morgan fingerprint density at radius 3 is 2.55 bits per heavy atom. The standard InChI is InChI=1S/C13H18BrNO4S/c1-3-13(2,9-14)15-20(16,17)10-4-5-11-12(8-10)19-7-6-18-11/h4-5,8,15H,3,6-7,9H2,1-2H3. The molecule has 1 atom stereocenters. The van der Waals surface area contributed by atoms with Gasteiger partial charge in [0.25, 0.3) is 0 Å². The second-order valence-electron chi connectivity index (χ2n) is 4.96. The van der Waals surface area contributed by atoms with Crippen molar-refractivity contribution in [2.75, 3.05) is 18.5 Å². The van der Waals surface area contributed by atoms with Crippen molar-refractivity contribution in [1.29, 1.82) is 0 Å². The summed E-state index contributed by atoms with van der Waals surface area (Å²) < 4.78 is 38.4. The molecule has 2 rings (SSSR count). The van der Waals surface area contributed by atoms with E-state index in [1.165, 1.54) is 12.1 Å². The van der Waals surface area contributed by atoms with Crippen molar-refractivity contribution in [3.05, 3.63) is 18.2 Å². The normalized spacial score (nSPS) is 17.6. The lowest BCUT2D eigenvalue weighted by Gasteiger charge is -2.27. The summed E-state index contributed by atoms with van der Waals surface area (Å²) >= 11 is 3.35. The van der Waals surface area contributed by atoms with Gasteiger partial charge in [-0.3, -0.25) is 0 Å². The molecule has 0 fully saturated rings. The first-order valence-electron chi connectivity index (χ1n) is 6.40. The van der Waals surface area contributed by atoms with Crippen molar-refractivity contribution >= 4 is 26.0 Å². The minimum atomic E-state index is -3.59. The van der Waals surface area contributed by atoms with Crippen LogP contribution in [0.3, 0.4) is 0 Å². The van der Waals surface area contributed by atoms with E-state index in [9.17, 15) is 8.42 Å². The number of sulfonamides is 1. The molecule has 0 aliphatic carbocycles. The molecule has 0 bridgehead atoms. The Labute approximate surface area is 127 Å². The summed E-state index contributed by atoms with van der Waals surface area (Å²) in [7, 11) is -3.59. The fraction of sp³-hybridized carbons (Fsp3) is 0.538. The molecule has 112 valence electrons. The first kappa shape index (κ1) is 15.6. The van der Waals surface area contributed by atoms with Crippen molar-refractivity contribution in [1.82, 2.24) is 4.72 Å². The molecule has 1 aliphatic rings. The van der Waals surface area contributed by atoms with Gasteiger partial charge in [0.15, 0.2) is 11.5 Å². The van der Waals surface area contributed by atoms with Crippen molar-refractivity contribution in [2.24, 2.45) is 0 Å². The van der Waals surface area contributed by atoms with Crippen molar-refractivity contribution < 1.29 is 17.9 Å². The van der Waals surface area contributed by atoms with Gasteiger partial charge in [0.1, 0.15) is 13.2 Å². The van der Waals surface area contributed by atoms with Gasteiger partial charge in [0, 0.05) is 16.9 Å². The van der Waals surface area contributed by atoms with Crippen LogP contribution in [-0.4, -0.2) is 32.5 Å². The summed E-state index contributed by atoms with van der Waals surface area (Å²) in [5.41, 5.74) is -0.522. The van der Waals surface area contributed by atoms with Gasteiger partial charge in [-0.05, 0) is 25.5 Å². The van der Waals surface area contributed by atoms with Crippen molar-refractivity contribution in [3.63, 3.8) is 0 Å². The highest BCUT2D eigenvalue weighted by Gasteiger charge is 2.29. The maximum atomic E-state index is 12.4. The number of nitrogens with one attached hydrogen (secondary N) is 1. The fourth-order valence-electron chi connectivity index (χ4n) is 1.77. The lowest BCUT2D eigenvalue weighted by atomic mass is 10.0. The van der Waals surface area contributed by atoms with Gasteiger partial charge >= 0.3 is 0 Å². The van der Waals surface area contributed by atoms with Crippen LogP contribution in [0.5, 0.6) is 11.5 Å². The highest BCUT2D eigenvalue weighted by atomic mass is 79.9. The Balaban J connectivity index is 2.30. The van der Waals surface area contributed by atoms with Gasteiger partial charge in [-0.25, -0.2) is 13.1 Å². The number of hydrogen-bond donors (Lipinski definition) is 1. The van der Waals surface area contributed by atoms with Crippen LogP contribution < -0.4 is 14.2 Å². The largest absolute Gasteiger partial charge is 0.486 e. The minimum Gasteiger partial charge on any atom is -0.486 e. The minimum absolute atomic E-state index is 0.183.